The van der Waals surface area contributed by atoms with Crippen molar-refractivity contribution in [2.45, 2.75) is 51.7 Å². The van der Waals surface area contributed by atoms with E-state index in [9.17, 15) is 0 Å². The Hall–Kier alpha value is -1.98. The third kappa shape index (κ3) is 3.83. The van der Waals surface area contributed by atoms with Crippen LogP contribution >= 0.6 is 0 Å². The number of nitrogens with two attached hydrogens (primary N) is 1. The molecule has 25 heavy (non-hydrogen) atoms. The van der Waals surface area contributed by atoms with Gasteiger partial charge in [0.25, 0.3) is 0 Å². The molecule has 1 fully saturated rings. The summed E-state index contributed by atoms with van der Waals surface area (Å²) in [5, 5.41) is 8.46. The molecule has 0 radical (unpaired) electrons. The van der Waals surface area contributed by atoms with Gasteiger partial charge in [0, 0.05) is 43.2 Å². The van der Waals surface area contributed by atoms with Crippen molar-refractivity contribution in [2.75, 3.05) is 13.1 Å². The molecule has 2 aromatic heterocycles. The summed E-state index contributed by atoms with van der Waals surface area (Å²) in [6.45, 7) is 5.96. The summed E-state index contributed by atoms with van der Waals surface area (Å²) in [6, 6.07) is 8.49. The first-order chi connectivity index (χ1) is 12.1. The number of aryl methyl sites for hydroxylation is 2. The quantitative estimate of drug-likeness (QED) is 0.790. The van der Waals surface area contributed by atoms with Crippen LogP contribution in [0, 0.1) is 19.3 Å². The highest BCUT2D eigenvalue weighted by Crippen LogP contribution is 2.38. The highest BCUT2D eigenvalue weighted by atomic mass is 15.3. The second kappa shape index (κ2) is 7.93. The first kappa shape index (κ1) is 17.8. The van der Waals surface area contributed by atoms with Gasteiger partial charge in [0.2, 0.25) is 0 Å². The maximum absolute atomic E-state index is 8.46. The molecule has 0 aromatic carbocycles. The van der Waals surface area contributed by atoms with Gasteiger partial charge >= 0.3 is 0 Å². The molecule has 0 spiro atoms. The highest BCUT2D eigenvalue weighted by molar-refractivity contribution is 5.83. The molecule has 0 saturated carbocycles. The number of nitrogens with one attached hydrogen (secondary N) is 1. The lowest BCUT2D eigenvalue weighted by Gasteiger charge is -2.43. The van der Waals surface area contributed by atoms with Crippen LogP contribution in [0.2, 0.25) is 0 Å². The van der Waals surface area contributed by atoms with Gasteiger partial charge in [0.05, 0.1) is 17.9 Å². The van der Waals surface area contributed by atoms with Crippen molar-refractivity contribution in [3.8, 4) is 0 Å². The van der Waals surface area contributed by atoms with Gasteiger partial charge in [-0.2, -0.15) is 0 Å². The number of piperidine rings is 1. The Balaban J connectivity index is 1.97. The van der Waals surface area contributed by atoms with Crippen molar-refractivity contribution < 1.29 is 0 Å². The number of likely N-dealkylation sites (tertiary alicyclic amines) is 1. The van der Waals surface area contributed by atoms with E-state index in [0.717, 1.165) is 50.2 Å². The lowest BCUT2D eigenvalue weighted by atomic mass is 9.92. The monoisotopic (exact) mass is 339 g/mol. The summed E-state index contributed by atoms with van der Waals surface area (Å²) in [7, 11) is 0. The number of hydrogen-bond donors (Lipinski definition) is 2. The zero-order valence-electron chi connectivity index (χ0n) is 15.3. The smallest absolute Gasteiger partial charge is 0.0919 e. The molecule has 5 heteroatoms. The van der Waals surface area contributed by atoms with Crippen LogP contribution in [0.15, 0.2) is 36.7 Å². The van der Waals surface area contributed by atoms with Crippen molar-refractivity contribution in [1.82, 2.24) is 14.5 Å². The van der Waals surface area contributed by atoms with Gasteiger partial charge in [-0.1, -0.05) is 6.07 Å². The van der Waals surface area contributed by atoms with Crippen LogP contribution in [0.25, 0.3) is 0 Å². The van der Waals surface area contributed by atoms with Crippen LogP contribution in [-0.2, 0) is 0 Å². The lowest BCUT2D eigenvalue weighted by Crippen LogP contribution is -2.43. The molecule has 1 aliphatic rings. The Morgan fingerprint density at radius 1 is 1.20 bits per heavy atom. The minimum Gasteiger partial charge on any atom is -0.335 e. The molecular weight excluding hydrogens is 310 g/mol. The number of nitrogens with zero attached hydrogens (tertiary/aromatic N) is 3. The highest BCUT2D eigenvalue weighted by Gasteiger charge is 2.36. The summed E-state index contributed by atoms with van der Waals surface area (Å²) in [4.78, 5) is 7.22. The summed E-state index contributed by atoms with van der Waals surface area (Å²) in [5.74, 6) is 0. The standard InChI is InChI=1S/C20H29N5/c1-15-7-5-10-23-20(15)18-13-17(22)14-19(24-12-6-8-16(24)2)25(18)11-4-3-9-21/h5-8,10,12,18-19,22H,3-4,9,11,13-14,21H2,1-2H3. The predicted octanol–water partition coefficient (Wildman–Crippen LogP) is 3.59. The number of hydrogen-bond acceptors (Lipinski definition) is 4. The Kier molecular flexibility index (Phi) is 5.66. The van der Waals surface area contributed by atoms with Gasteiger partial charge in [-0.25, -0.2) is 0 Å². The minimum atomic E-state index is 0.159. The zero-order valence-corrected chi connectivity index (χ0v) is 15.3. The largest absolute Gasteiger partial charge is 0.335 e. The summed E-state index contributed by atoms with van der Waals surface area (Å²) < 4.78 is 2.31. The lowest BCUT2D eigenvalue weighted by molar-refractivity contribution is 0.0717. The summed E-state index contributed by atoms with van der Waals surface area (Å²) >= 11 is 0. The maximum atomic E-state index is 8.46. The molecule has 5 nitrogen and oxygen atoms in total. The SMILES string of the molecule is Cc1cccnc1C1CC(=N)CC(n2cccc2C)N1CCCCN. The molecule has 0 aliphatic carbocycles. The van der Waals surface area contributed by atoms with E-state index in [2.05, 4.69) is 52.7 Å². The fourth-order valence-electron chi connectivity index (χ4n) is 3.89. The van der Waals surface area contributed by atoms with Crippen LogP contribution in [0.1, 0.15) is 54.8 Å². The van der Waals surface area contributed by atoms with Crippen LogP contribution in [0.5, 0.6) is 0 Å². The van der Waals surface area contributed by atoms with Crippen LogP contribution in [0.3, 0.4) is 0 Å². The van der Waals surface area contributed by atoms with Gasteiger partial charge in [-0.3, -0.25) is 9.88 Å². The fourth-order valence-corrected chi connectivity index (χ4v) is 3.89. The van der Waals surface area contributed by atoms with Crippen molar-refractivity contribution in [3.05, 3.63) is 53.6 Å². The van der Waals surface area contributed by atoms with E-state index in [1.165, 1.54) is 11.3 Å². The van der Waals surface area contributed by atoms with Gasteiger partial charge in [-0.05, 0) is 57.0 Å². The third-order valence-electron chi connectivity index (χ3n) is 5.20. The molecule has 0 amide bonds. The van der Waals surface area contributed by atoms with Crippen LogP contribution < -0.4 is 5.73 Å². The number of pyridine rings is 1. The second-order valence-electron chi connectivity index (χ2n) is 7.00. The maximum Gasteiger partial charge on any atom is 0.0919 e. The number of unbranched alkanes of at least 4 members (excludes halogenated alkanes) is 1. The molecule has 2 aromatic rings. The number of aromatic nitrogens is 2. The second-order valence-corrected chi connectivity index (χ2v) is 7.00. The zero-order chi connectivity index (χ0) is 17.8. The first-order valence-electron chi connectivity index (χ1n) is 9.19. The molecule has 2 atom stereocenters. The first-order valence-corrected chi connectivity index (χ1v) is 9.19. The van der Waals surface area contributed by atoms with Crippen molar-refractivity contribution in [2.24, 2.45) is 5.73 Å². The van der Waals surface area contributed by atoms with Crippen LogP contribution in [-0.4, -0.2) is 33.3 Å². The van der Waals surface area contributed by atoms with Gasteiger partial charge in [0.15, 0.2) is 0 Å². The molecule has 1 aliphatic heterocycles. The third-order valence-corrected chi connectivity index (χ3v) is 5.20. The van der Waals surface area contributed by atoms with E-state index >= 15 is 0 Å². The fraction of sp³-hybridized carbons (Fsp3) is 0.500. The summed E-state index contributed by atoms with van der Waals surface area (Å²) in [5.41, 5.74) is 10.1. The normalized spacial score (nSPS) is 21.6. The molecular formula is C20H29N5. The topological polar surface area (TPSA) is 70.9 Å². The van der Waals surface area contributed by atoms with E-state index in [4.69, 9.17) is 11.1 Å². The van der Waals surface area contributed by atoms with Crippen LogP contribution in [0.4, 0.5) is 0 Å². The van der Waals surface area contributed by atoms with Crippen molar-refractivity contribution in [3.63, 3.8) is 0 Å². The van der Waals surface area contributed by atoms with E-state index in [1.807, 2.05) is 12.3 Å². The predicted molar refractivity (Wildman–Crippen MR) is 102 cm³/mol. The van der Waals surface area contributed by atoms with Gasteiger partial charge in [-0.15, -0.1) is 0 Å². The Morgan fingerprint density at radius 3 is 2.72 bits per heavy atom. The van der Waals surface area contributed by atoms with Crippen molar-refractivity contribution >= 4 is 5.71 Å². The van der Waals surface area contributed by atoms with Gasteiger partial charge in [0.1, 0.15) is 0 Å². The molecule has 134 valence electrons. The van der Waals surface area contributed by atoms with E-state index < -0.39 is 0 Å². The summed E-state index contributed by atoms with van der Waals surface area (Å²) in [6.07, 6.45) is 7.83. The molecule has 2 unspecified atom stereocenters. The van der Waals surface area contributed by atoms with E-state index in [1.54, 1.807) is 0 Å². The van der Waals surface area contributed by atoms with Crippen molar-refractivity contribution in [1.29, 1.82) is 5.41 Å². The molecule has 3 N–H and O–H groups in total. The van der Waals surface area contributed by atoms with E-state index in [0.29, 0.717) is 0 Å². The Labute approximate surface area is 150 Å². The molecule has 1 saturated heterocycles. The molecule has 0 bridgehead atoms. The number of rotatable bonds is 6. The minimum absolute atomic E-state index is 0.159. The average molecular weight is 339 g/mol. The average Bonchev–Trinajstić information content (AvgIpc) is 3.02. The molecule has 3 heterocycles. The van der Waals surface area contributed by atoms with Gasteiger partial charge < -0.3 is 15.7 Å². The Morgan fingerprint density at radius 2 is 2.04 bits per heavy atom. The Bertz CT molecular complexity index is 720. The van der Waals surface area contributed by atoms with E-state index in [-0.39, 0.29) is 12.2 Å². The molecule has 3 rings (SSSR count).